The highest BCUT2D eigenvalue weighted by Gasteiger charge is 2.32. The highest BCUT2D eigenvalue weighted by atomic mass is 16.5. The smallest absolute Gasteiger partial charge is 0.218 e. The van der Waals surface area contributed by atoms with E-state index >= 15 is 0 Å². The second-order valence-corrected chi connectivity index (χ2v) is 4.74. The molecule has 2 N–H and O–H groups in total. The van der Waals surface area contributed by atoms with E-state index < -0.39 is 0 Å². The molecule has 0 saturated carbocycles. The number of hydrogen-bond acceptors (Lipinski definition) is 3. The minimum atomic E-state index is 0.0674. The average Bonchev–Trinajstić information content (AvgIpc) is 2.62. The van der Waals surface area contributed by atoms with Crippen LogP contribution in [0.15, 0.2) is 39.7 Å². The van der Waals surface area contributed by atoms with Crippen molar-refractivity contribution in [3.8, 4) is 0 Å². The molecule has 0 atom stereocenters. The normalized spacial score (nSPS) is 22.4. The maximum absolute atomic E-state index is 5.79. The van der Waals surface area contributed by atoms with E-state index in [0.29, 0.717) is 12.4 Å². The molecule has 0 aromatic heterocycles. The SMILES string of the molecule is COC1=C(CN)C2=C(C)C(C)(C)C=CC2=N1. The van der Waals surface area contributed by atoms with E-state index in [9.17, 15) is 0 Å². The number of methoxy groups -OCH3 is 1. The number of nitrogens with zero attached hydrogens (tertiary/aromatic N) is 1. The van der Waals surface area contributed by atoms with Crippen molar-refractivity contribution in [1.29, 1.82) is 0 Å². The fraction of sp³-hybridized carbons (Fsp3) is 0.462. The molecule has 0 fully saturated rings. The largest absolute Gasteiger partial charge is 0.481 e. The lowest BCUT2D eigenvalue weighted by molar-refractivity contribution is 0.286. The topological polar surface area (TPSA) is 47.6 Å². The summed E-state index contributed by atoms with van der Waals surface area (Å²) in [6.07, 6.45) is 4.24. The standard InChI is InChI=1S/C13H18N2O/c1-8-11-9(7-14)12(16-4)15-10(11)5-6-13(8,2)3/h5-6H,7,14H2,1-4H3. The van der Waals surface area contributed by atoms with E-state index in [1.54, 1.807) is 7.11 Å². The molecule has 1 aliphatic heterocycles. The summed E-state index contributed by atoms with van der Waals surface area (Å²) in [5, 5.41) is 0. The lowest BCUT2D eigenvalue weighted by Gasteiger charge is -2.28. The van der Waals surface area contributed by atoms with Gasteiger partial charge in [-0.1, -0.05) is 25.5 Å². The molecule has 0 spiro atoms. The first kappa shape index (κ1) is 11.1. The van der Waals surface area contributed by atoms with Gasteiger partial charge in [-0.05, 0) is 13.0 Å². The minimum Gasteiger partial charge on any atom is -0.481 e. The lowest BCUT2D eigenvalue weighted by atomic mass is 9.76. The zero-order chi connectivity index (χ0) is 11.9. The first-order chi connectivity index (χ1) is 7.51. The van der Waals surface area contributed by atoms with E-state index in [2.05, 4.69) is 37.9 Å². The Morgan fingerprint density at radius 1 is 1.44 bits per heavy atom. The molecule has 0 bridgehead atoms. The van der Waals surface area contributed by atoms with E-state index in [1.807, 2.05) is 0 Å². The molecule has 3 heteroatoms. The van der Waals surface area contributed by atoms with Crippen molar-refractivity contribution in [3.63, 3.8) is 0 Å². The Morgan fingerprint density at radius 3 is 2.69 bits per heavy atom. The van der Waals surface area contributed by atoms with E-state index in [1.165, 1.54) is 11.1 Å². The maximum Gasteiger partial charge on any atom is 0.218 e. The van der Waals surface area contributed by atoms with Gasteiger partial charge >= 0.3 is 0 Å². The molecule has 0 unspecified atom stereocenters. The van der Waals surface area contributed by atoms with Gasteiger partial charge in [0.15, 0.2) is 0 Å². The predicted octanol–water partition coefficient (Wildman–Crippen LogP) is 2.17. The van der Waals surface area contributed by atoms with E-state index in [0.717, 1.165) is 11.3 Å². The Labute approximate surface area is 96.4 Å². The summed E-state index contributed by atoms with van der Waals surface area (Å²) in [5.41, 5.74) is 10.3. The second-order valence-electron chi connectivity index (χ2n) is 4.74. The molecule has 2 aliphatic rings. The van der Waals surface area contributed by atoms with Gasteiger partial charge in [0.2, 0.25) is 5.88 Å². The van der Waals surface area contributed by atoms with Crippen molar-refractivity contribution >= 4 is 5.71 Å². The molecule has 86 valence electrons. The summed E-state index contributed by atoms with van der Waals surface area (Å²) in [6, 6.07) is 0. The lowest BCUT2D eigenvalue weighted by Crippen LogP contribution is -2.21. The third kappa shape index (κ3) is 1.43. The Kier molecular flexibility index (Phi) is 2.50. The van der Waals surface area contributed by atoms with Crippen LogP contribution in [0.3, 0.4) is 0 Å². The van der Waals surface area contributed by atoms with Crippen molar-refractivity contribution in [2.75, 3.05) is 13.7 Å². The Balaban J connectivity index is 2.60. The average molecular weight is 218 g/mol. The Hall–Kier alpha value is -1.35. The van der Waals surface area contributed by atoms with Crippen LogP contribution < -0.4 is 5.73 Å². The summed E-state index contributed by atoms with van der Waals surface area (Å²) in [4.78, 5) is 4.45. The summed E-state index contributed by atoms with van der Waals surface area (Å²) in [6.45, 7) is 7.00. The Bertz CT molecular complexity index is 451. The monoisotopic (exact) mass is 218 g/mol. The predicted molar refractivity (Wildman–Crippen MR) is 66.1 cm³/mol. The number of ether oxygens (including phenoxy) is 1. The molecule has 0 radical (unpaired) electrons. The number of rotatable bonds is 2. The van der Waals surface area contributed by atoms with Gasteiger partial charge in [-0.3, -0.25) is 0 Å². The van der Waals surface area contributed by atoms with Crippen LogP contribution in [-0.2, 0) is 4.74 Å². The molecule has 0 saturated heterocycles. The van der Waals surface area contributed by atoms with Crippen LogP contribution >= 0.6 is 0 Å². The van der Waals surface area contributed by atoms with Crippen LogP contribution in [0.1, 0.15) is 20.8 Å². The molecular formula is C13H18N2O. The third-order valence-corrected chi connectivity index (χ3v) is 3.43. The van der Waals surface area contributed by atoms with E-state index in [4.69, 9.17) is 10.5 Å². The van der Waals surface area contributed by atoms with Crippen molar-refractivity contribution in [3.05, 3.63) is 34.8 Å². The zero-order valence-corrected chi connectivity index (χ0v) is 10.3. The van der Waals surface area contributed by atoms with Crippen LogP contribution in [0.25, 0.3) is 0 Å². The summed E-state index contributed by atoms with van der Waals surface area (Å²) in [5.74, 6) is 0.661. The quantitative estimate of drug-likeness (QED) is 0.772. The van der Waals surface area contributed by atoms with E-state index in [-0.39, 0.29) is 5.41 Å². The van der Waals surface area contributed by atoms with Gasteiger partial charge in [0.25, 0.3) is 0 Å². The fourth-order valence-electron chi connectivity index (χ4n) is 2.13. The molecule has 0 amide bonds. The molecule has 2 rings (SSSR count). The van der Waals surface area contributed by atoms with Crippen molar-refractivity contribution < 1.29 is 4.74 Å². The first-order valence-corrected chi connectivity index (χ1v) is 5.48. The van der Waals surface area contributed by atoms with Gasteiger partial charge in [-0.15, -0.1) is 0 Å². The number of allylic oxidation sites excluding steroid dienone is 3. The summed E-state index contributed by atoms with van der Waals surface area (Å²) in [7, 11) is 1.64. The van der Waals surface area contributed by atoms with Crippen LogP contribution in [0.2, 0.25) is 0 Å². The number of fused-ring (bicyclic) bond motifs is 1. The maximum atomic E-state index is 5.79. The Morgan fingerprint density at radius 2 is 2.12 bits per heavy atom. The second kappa shape index (κ2) is 3.59. The minimum absolute atomic E-state index is 0.0674. The zero-order valence-electron chi connectivity index (χ0n) is 10.3. The number of aliphatic imine (C=N–C) groups is 1. The van der Waals surface area contributed by atoms with Crippen molar-refractivity contribution in [1.82, 2.24) is 0 Å². The highest BCUT2D eigenvalue weighted by molar-refractivity contribution is 6.15. The molecular weight excluding hydrogens is 200 g/mol. The van der Waals surface area contributed by atoms with Crippen molar-refractivity contribution in [2.24, 2.45) is 16.1 Å². The molecule has 0 aromatic rings. The first-order valence-electron chi connectivity index (χ1n) is 5.48. The van der Waals surface area contributed by atoms with Crippen LogP contribution in [0.4, 0.5) is 0 Å². The molecule has 0 aromatic carbocycles. The number of nitrogens with two attached hydrogens (primary N) is 1. The summed E-state index contributed by atoms with van der Waals surface area (Å²) >= 11 is 0. The van der Waals surface area contributed by atoms with Crippen molar-refractivity contribution in [2.45, 2.75) is 20.8 Å². The van der Waals surface area contributed by atoms with Gasteiger partial charge in [0.1, 0.15) is 0 Å². The summed E-state index contributed by atoms with van der Waals surface area (Å²) < 4.78 is 5.27. The van der Waals surface area contributed by atoms with Gasteiger partial charge in [-0.2, -0.15) is 0 Å². The highest BCUT2D eigenvalue weighted by Crippen LogP contribution is 2.40. The van der Waals surface area contributed by atoms with Crippen LogP contribution in [0.5, 0.6) is 0 Å². The van der Waals surface area contributed by atoms with Gasteiger partial charge in [0, 0.05) is 23.1 Å². The molecule has 1 aliphatic carbocycles. The molecule has 3 nitrogen and oxygen atoms in total. The molecule has 1 heterocycles. The van der Waals surface area contributed by atoms with Gasteiger partial charge < -0.3 is 10.5 Å². The third-order valence-electron chi connectivity index (χ3n) is 3.43. The van der Waals surface area contributed by atoms with Crippen LogP contribution in [0, 0.1) is 5.41 Å². The molecule has 16 heavy (non-hydrogen) atoms. The van der Waals surface area contributed by atoms with Crippen LogP contribution in [-0.4, -0.2) is 19.4 Å². The fourth-order valence-corrected chi connectivity index (χ4v) is 2.13. The van der Waals surface area contributed by atoms with Gasteiger partial charge in [0.05, 0.1) is 12.8 Å². The number of hydrogen-bond donors (Lipinski definition) is 1. The van der Waals surface area contributed by atoms with Gasteiger partial charge in [-0.25, -0.2) is 4.99 Å².